The molecule has 302 valence electrons. The SMILES string of the molecule is CC(C)C[C@H](NC(=O)[C@H](CC(N)=O)NC(=O)[C@@H](N)C(C)C)C(=O)N[C@@H](C)C(=O)N[C@@H](CCCN=C(N)N)C(=O)N[C@H](C(=O)N[C@@H](CO)C(=O)O)C(C)C. The Morgan fingerprint density at radius 3 is 1.60 bits per heavy atom. The van der Waals surface area contributed by atoms with Crippen LogP contribution < -0.4 is 54.8 Å². The summed E-state index contributed by atoms with van der Waals surface area (Å²) in [6.07, 6.45) is -0.336. The highest BCUT2D eigenvalue weighted by Crippen LogP contribution is 2.09. The van der Waals surface area contributed by atoms with Gasteiger partial charge in [0.15, 0.2) is 5.96 Å². The fraction of sp³-hybridized carbons (Fsp3) is 0.719. The van der Waals surface area contributed by atoms with Gasteiger partial charge in [0.25, 0.3) is 0 Å². The molecule has 0 aliphatic carbocycles. The van der Waals surface area contributed by atoms with Crippen molar-refractivity contribution in [1.29, 1.82) is 0 Å². The van der Waals surface area contributed by atoms with E-state index >= 15 is 0 Å². The van der Waals surface area contributed by atoms with Crippen molar-refractivity contribution < 1.29 is 48.6 Å². The predicted molar refractivity (Wildman–Crippen MR) is 193 cm³/mol. The predicted octanol–water partition coefficient (Wildman–Crippen LogP) is -4.39. The largest absolute Gasteiger partial charge is 0.480 e. The lowest BCUT2D eigenvalue weighted by Gasteiger charge is -2.28. The molecule has 0 fully saturated rings. The van der Waals surface area contributed by atoms with Crippen LogP contribution in [0.4, 0.5) is 0 Å². The minimum absolute atomic E-state index is 0.0324. The molecule has 7 amide bonds. The van der Waals surface area contributed by atoms with Crippen LogP contribution in [0.15, 0.2) is 4.99 Å². The van der Waals surface area contributed by atoms with Gasteiger partial charge in [-0.1, -0.05) is 41.5 Å². The van der Waals surface area contributed by atoms with E-state index in [4.69, 9.17) is 22.9 Å². The summed E-state index contributed by atoms with van der Waals surface area (Å²) >= 11 is 0. The first-order valence-electron chi connectivity index (χ1n) is 17.3. The summed E-state index contributed by atoms with van der Waals surface area (Å²) in [5, 5.41) is 33.1. The first-order valence-corrected chi connectivity index (χ1v) is 17.3. The second-order valence-corrected chi connectivity index (χ2v) is 13.7. The van der Waals surface area contributed by atoms with Gasteiger partial charge in [-0.3, -0.25) is 38.6 Å². The van der Waals surface area contributed by atoms with Gasteiger partial charge in [0.2, 0.25) is 41.4 Å². The highest BCUT2D eigenvalue weighted by atomic mass is 16.4. The summed E-state index contributed by atoms with van der Waals surface area (Å²) in [4.78, 5) is 106. The second kappa shape index (κ2) is 23.5. The first kappa shape index (κ1) is 47.9. The Kier molecular flexibility index (Phi) is 21.3. The van der Waals surface area contributed by atoms with Crippen LogP contribution in [0.1, 0.15) is 74.1 Å². The molecule has 16 N–H and O–H groups in total. The lowest BCUT2D eigenvalue weighted by molar-refractivity contribution is -0.143. The van der Waals surface area contributed by atoms with Gasteiger partial charge in [-0.05, 0) is 43.9 Å². The number of amides is 7. The van der Waals surface area contributed by atoms with Crippen LogP contribution >= 0.6 is 0 Å². The minimum atomic E-state index is -1.62. The van der Waals surface area contributed by atoms with Gasteiger partial charge in [-0.25, -0.2) is 4.79 Å². The number of nitrogens with one attached hydrogen (secondary N) is 6. The van der Waals surface area contributed by atoms with Gasteiger partial charge in [-0.2, -0.15) is 0 Å². The number of carboxylic acids is 1. The average molecular weight is 758 g/mol. The van der Waals surface area contributed by atoms with Crippen molar-refractivity contribution >= 4 is 53.3 Å². The van der Waals surface area contributed by atoms with Gasteiger partial charge >= 0.3 is 5.97 Å². The van der Waals surface area contributed by atoms with E-state index in [0.29, 0.717) is 0 Å². The van der Waals surface area contributed by atoms with Crippen molar-refractivity contribution in [2.75, 3.05) is 13.2 Å². The van der Waals surface area contributed by atoms with E-state index in [1.165, 1.54) is 6.92 Å². The molecular weight excluding hydrogens is 698 g/mol. The van der Waals surface area contributed by atoms with Crippen molar-refractivity contribution in [3.05, 3.63) is 0 Å². The molecule has 21 heteroatoms. The van der Waals surface area contributed by atoms with Crippen molar-refractivity contribution in [2.24, 2.45) is 45.7 Å². The van der Waals surface area contributed by atoms with Crippen LogP contribution in [0.3, 0.4) is 0 Å². The Morgan fingerprint density at radius 2 is 1.13 bits per heavy atom. The number of nitrogens with zero attached hydrogens (tertiary/aromatic N) is 1. The van der Waals surface area contributed by atoms with Gasteiger partial charge < -0.3 is 65.0 Å². The highest BCUT2D eigenvalue weighted by Gasteiger charge is 2.34. The quantitative estimate of drug-likeness (QED) is 0.0252. The molecule has 0 aromatic rings. The molecule has 0 heterocycles. The molecule has 0 unspecified atom stereocenters. The van der Waals surface area contributed by atoms with E-state index in [-0.39, 0.29) is 43.6 Å². The van der Waals surface area contributed by atoms with Crippen molar-refractivity contribution in [1.82, 2.24) is 31.9 Å². The number of carboxylic acid groups (broad SMARTS) is 1. The smallest absolute Gasteiger partial charge is 0.328 e. The number of hydrogen-bond donors (Lipinski definition) is 12. The molecule has 0 aliphatic rings. The van der Waals surface area contributed by atoms with Gasteiger partial charge in [0, 0.05) is 6.54 Å². The molecule has 53 heavy (non-hydrogen) atoms. The summed E-state index contributed by atoms with van der Waals surface area (Å²) in [5.41, 5.74) is 21.9. The minimum Gasteiger partial charge on any atom is -0.480 e. The molecule has 0 radical (unpaired) electrons. The molecule has 7 atom stereocenters. The molecule has 0 aliphatic heterocycles. The summed E-state index contributed by atoms with van der Waals surface area (Å²) < 4.78 is 0. The lowest BCUT2D eigenvalue weighted by atomic mass is 10.0. The highest BCUT2D eigenvalue weighted by molar-refractivity contribution is 5.98. The van der Waals surface area contributed by atoms with E-state index in [1.807, 2.05) is 0 Å². The van der Waals surface area contributed by atoms with E-state index in [9.17, 15) is 48.6 Å². The number of rotatable bonds is 24. The molecule has 0 aromatic heterocycles. The van der Waals surface area contributed by atoms with Crippen molar-refractivity contribution in [3.8, 4) is 0 Å². The standard InChI is InChI=1S/C32H59N11O10/c1-14(2)11-19(40-28(49)20(12-22(33)45)41-29(50)23(34)15(3)4)27(48)38-17(7)25(46)39-18(9-8-10-37-32(35)36)26(47)43-24(16(5)6)30(51)42-21(13-44)31(52)53/h14-21,23-24,44H,8-13,34H2,1-7H3,(H2,33,45)(H,38,48)(H,39,46)(H,40,49)(H,41,50)(H,42,51)(H,43,47)(H,52,53)(H4,35,36,37)/t17-,18-,19-,20-,21-,23-,24-/m0/s1. The molecule has 0 saturated heterocycles. The Morgan fingerprint density at radius 1 is 0.623 bits per heavy atom. The molecular formula is C32H59N11O10. The Bertz CT molecular complexity index is 1320. The number of guanidine groups is 1. The Balaban J connectivity index is 6.06. The third-order valence-electron chi connectivity index (χ3n) is 7.77. The van der Waals surface area contributed by atoms with Crippen molar-refractivity contribution in [3.63, 3.8) is 0 Å². The normalized spacial score (nSPS) is 15.1. The monoisotopic (exact) mass is 757 g/mol. The zero-order chi connectivity index (χ0) is 41.2. The molecule has 0 spiro atoms. The number of aliphatic hydroxyl groups excluding tert-OH is 1. The van der Waals surface area contributed by atoms with Crippen LogP contribution in [-0.2, 0) is 38.4 Å². The maximum atomic E-state index is 13.4. The van der Waals surface area contributed by atoms with E-state index in [0.717, 1.165) is 0 Å². The topological polar surface area (TPSA) is 366 Å². The maximum absolute atomic E-state index is 13.4. The Hall–Kier alpha value is -5.05. The Labute approximate surface area is 308 Å². The number of carbonyl (C=O) groups is 8. The summed E-state index contributed by atoms with van der Waals surface area (Å²) in [6.45, 7) is 10.6. The number of primary amides is 1. The number of nitrogens with two attached hydrogens (primary N) is 4. The van der Waals surface area contributed by atoms with Crippen LogP contribution in [0.2, 0.25) is 0 Å². The molecule has 21 nitrogen and oxygen atoms in total. The number of aliphatic hydroxyl groups is 1. The van der Waals surface area contributed by atoms with Crippen molar-refractivity contribution in [2.45, 2.75) is 116 Å². The van der Waals surface area contributed by atoms with Gasteiger partial charge in [-0.15, -0.1) is 0 Å². The fourth-order valence-electron chi connectivity index (χ4n) is 4.64. The number of carbonyl (C=O) groups excluding carboxylic acids is 7. The number of aliphatic carboxylic acids is 1. The number of hydrogen-bond acceptors (Lipinski definition) is 11. The lowest BCUT2D eigenvalue weighted by Crippen LogP contribution is -2.60. The van der Waals surface area contributed by atoms with Gasteiger partial charge in [0.1, 0.15) is 36.3 Å². The summed E-state index contributed by atoms with van der Waals surface area (Å²) in [6, 6.07) is -9.14. The van der Waals surface area contributed by atoms with Crippen LogP contribution in [0.5, 0.6) is 0 Å². The third kappa shape index (κ3) is 18.3. The second-order valence-electron chi connectivity index (χ2n) is 13.7. The first-order chi connectivity index (χ1) is 24.5. The van der Waals surface area contributed by atoms with E-state index in [2.05, 4.69) is 36.9 Å². The zero-order valence-corrected chi connectivity index (χ0v) is 31.4. The maximum Gasteiger partial charge on any atom is 0.328 e. The molecule has 0 bridgehead atoms. The number of aliphatic imine (C=N–C) groups is 1. The molecule has 0 rings (SSSR count). The fourth-order valence-corrected chi connectivity index (χ4v) is 4.64. The molecule has 0 aromatic carbocycles. The van der Waals surface area contributed by atoms with Gasteiger partial charge in [0.05, 0.1) is 19.1 Å². The van der Waals surface area contributed by atoms with E-state index in [1.54, 1.807) is 41.5 Å². The molecule has 0 saturated carbocycles. The third-order valence-corrected chi connectivity index (χ3v) is 7.77. The van der Waals surface area contributed by atoms with Crippen LogP contribution in [0.25, 0.3) is 0 Å². The van der Waals surface area contributed by atoms with Crippen LogP contribution in [-0.4, -0.2) is 119 Å². The zero-order valence-electron chi connectivity index (χ0n) is 31.4. The summed E-state index contributed by atoms with van der Waals surface area (Å²) in [5.74, 6) is -8.51. The van der Waals surface area contributed by atoms with E-state index < -0.39 is 109 Å². The van der Waals surface area contributed by atoms with Crippen LogP contribution in [0, 0.1) is 17.8 Å². The summed E-state index contributed by atoms with van der Waals surface area (Å²) in [7, 11) is 0. The average Bonchev–Trinajstić information content (AvgIpc) is 3.04.